The summed E-state index contributed by atoms with van der Waals surface area (Å²) in [7, 11) is 1.49. The van der Waals surface area contributed by atoms with Gasteiger partial charge in [0, 0.05) is 47.3 Å². The molecule has 1 aliphatic heterocycles. The number of hydrogen-bond acceptors (Lipinski definition) is 4. The summed E-state index contributed by atoms with van der Waals surface area (Å²) in [6.45, 7) is 1.99. The molecule has 1 fully saturated rings. The summed E-state index contributed by atoms with van der Waals surface area (Å²) in [5.74, 6) is -0.210. The second-order valence-electron chi connectivity index (χ2n) is 8.76. The van der Waals surface area contributed by atoms with E-state index in [-0.39, 0.29) is 24.6 Å². The molecular weight excluding hydrogens is 506 g/mol. The SMILES string of the molecule is COCC(=O)Nc1ccc(N2C(=S)N[C@H](c3ccccn3)[C@@H]2c2cccn2-c2ccc(Cl)c(C)c2)cc1. The molecule has 7 nitrogen and oxygen atoms in total. The first-order valence-corrected chi connectivity index (χ1v) is 12.6. The van der Waals surface area contributed by atoms with Crippen molar-refractivity contribution in [3.63, 3.8) is 0 Å². The zero-order valence-corrected chi connectivity index (χ0v) is 22.0. The number of thiocarbonyl (C=S) groups is 1. The number of pyridine rings is 1. The van der Waals surface area contributed by atoms with Crippen LogP contribution in [0.4, 0.5) is 11.4 Å². The maximum atomic E-state index is 11.9. The molecule has 9 heteroatoms. The lowest BCUT2D eigenvalue weighted by Crippen LogP contribution is -2.30. The van der Waals surface area contributed by atoms with Crippen LogP contribution >= 0.6 is 23.8 Å². The number of nitrogens with zero attached hydrogens (tertiary/aromatic N) is 3. The van der Waals surface area contributed by atoms with Crippen molar-refractivity contribution in [2.75, 3.05) is 23.9 Å². The number of aryl methyl sites for hydroxylation is 1. The third kappa shape index (κ3) is 5.09. The molecule has 1 amide bonds. The number of aromatic nitrogens is 2. The first-order chi connectivity index (χ1) is 18.0. The Labute approximate surface area is 226 Å². The molecule has 2 N–H and O–H groups in total. The van der Waals surface area contributed by atoms with Gasteiger partial charge in [-0.05, 0) is 91.4 Å². The Hall–Kier alpha value is -3.72. The normalized spacial score (nSPS) is 17.1. The van der Waals surface area contributed by atoms with Crippen LogP contribution in [-0.2, 0) is 9.53 Å². The zero-order valence-electron chi connectivity index (χ0n) is 20.4. The van der Waals surface area contributed by atoms with Gasteiger partial charge in [-0.2, -0.15) is 0 Å². The van der Waals surface area contributed by atoms with Crippen molar-refractivity contribution in [3.05, 3.63) is 107 Å². The van der Waals surface area contributed by atoms with E-state index in [1.165, 1.54) is 7.11 Å². The van der Waals surface area contributed by atoms with Crippen LogP contribution in [0, 0.1) is 6.92 Å². The highest BCUT2D eigenvalue weighted by molar-refractivity contribution is 7.80. The molecule has 2 atom stereocenters. The predicted octanol–water partition coefficient (Wildman–Crippen LogP) is 5.60. The van der Waals surface area contributed by atoms with Crippen LogP contribution in [0.2, 0.25) is 5.02 Å². The topological polar surface area (TPSA) is 71.4 Å². The fourth-order valence-corrected chi connectivity index (χ4v) is 5.08. The first kappa shape index (κ1) is 25.0. The van der Waals surface area contributed by atoms with Gasteiger partial charge < -0.3 is 24.8 Å². The van der Waals surface area contributed by atoms with E-state index in [0.29, 0.717) is 10.8 Å². The Kier molecular flexibility index (Phi) is 7.23. The number of hydrogen-bond donors (Lipinski definition) is 2. The minimum atomic E-state index is -0.210. The molecule has 1 saturated heterocycles. The molecule has 0 aliphatic carbocycles. The standard InChI is InChI=1S/C28H26ClN5O2S/c1-18-16-21(12-13-22(18)29)33-15-5-7-24(33)27-26(23-6-3-4-14-30-23)32-28(37)34(27)20-10-8-19(9-11-20)31-25(35)17-36-2/h3-16,26-27H,17H2,1-2H3,(H,31,35)(H,32,37)/t26-,27+/m1/s1. The molecule has 37 heavy (non-hydrogen) atoms. The average molecular weight is 532 g/mol. The van der Waals surface area contributed by atoms with Gasteiger partial charge >= 0.3 is 0 Å². The lowest BCUT2D eigenvalue weighted by molar-refractivity contribution is -0.119. The van der Waals surface area contributed by atoms with Gasteiger partial charge in [0.05, 0.1) is 11.7 Å². The summed E-state index contributed by atoms with van der Waals surface area (Å²) in [4.78, 5) is 18.7. The molecule has 1 aliphatic rings. The van der Waals surface area contributed by atoms with Crippen LogP contribution in [-0.4, -0.2) is 34.3 Å². The summed E-state index contributed by atoms with van der Waals surface area (Å²) in [6, 6.07) is 23.3. The molecule has 5 rings (SSSR count). The van der Waals surface area contributed by atoms with Crippen molar-refractivity contribution in [2.24, 2.45) is 0 Å². The van der Waals surface area contributed by atoms with Crippen LogP contribution in [0.5, 0.6) is 0 Å². The molecule has 0 bridgehead atoms. The Balaban J connectivity index is 1.57. The largest absolute Gasteiger partial charge is 0.375 e. The molecule has 0 unspecified atom stereocenters. The monoisotopic (exact) mass is 531 g/mol. The van der Waals surface area contributed by atoms with E-state index in [2.05, 4.69) is 37.2 Å². The minimum Gasteiger partial charge on any atom is -0.375 e. The Bertz CT molecular complexity index is 1420. The Morgan fingerprint density at radius 1 is 1.11 bits per heavy atom. The van der Waals surface area contributed by atoms with Crippen LogP contribution in [0.25, 0.3) is 5.69 Å². The van der Waals surface area contributed by atoms with Crippen LogP contribution in [0.3, 0.4) is 0 Å². The highest BCUT2D eigenvalue weighted by atomic mass is 35.5. The van der Waals surface area contributed by atoms with Gasteiger partial charge in [0.25, 0.3) is 0 Å². The minimum absolute atomic E-state index is 0.00310. The lowest BCUT2D eigenvalue weighted by atomic mass is 10.0. The molecular formula is C28H26ClN5O2S. The van der Waals surface area contributed by atoms with Crippen molar-refractivity contribution in [3.8, 4) is 5.69 Å². The van der Waals surface area contributed by atoms with Crippen molar-refractivity contribution in [2.45, 2.75) is 19.0 Å². The molecule has 0 spiro atoms. The van der Waals surface area contributed by atoms with Crippen molar-refractivity contribution < 1.29 is 9.53 Å². The molecule has 2 aromatic heterocycles. The molecule has 0 radical (unpaired) electrons. The number of ether oxygens (including phenoxy) is 1. The number of benzene rings is 2. The maximum Gasteiger partial charge on any atom is 0.250 e. The van der Waals surface area contributed by atoms with Crippen molar-refractivity contribution in [1.29, 1.82) is 0 Å². The predicted molar refractivity (Wildman–Crippen MR) is 150 cm³/mol. The van der Waals surface area contributed by atoms with E-state index in [4.69, 9.17) is 28.6 Å². The maximum absolute atomic E-state index is 11.9. The quantitative estimate of drug-likeness (QED) is 0.303. The van der Waals surface area contributed by atoms with Crippen LogP contribution in [0.15, 0.2) is 85.2 Å². The van der Waals surface area contributed by atoms with Gasteiger partial charge in [-0.1, -0.05) is 17.7 Å². The van der Waals surface area contributed by atoms with E-state index >= 15 is 0 Å². The third-order valence-corrected chi connectivity index (χ3v) is 7.04. The number of anilines is 2. The molecule has 3 heterocycles. The van der Waals surface area contributed by atoms with E-state index in [0.717, 1.165) is 33.3 Å². The van der Waals surface area contributed by atoms with Gasteiger partial charge in [-0.15, -0.1) is 0 Å². The number of rotatable bonds is 7. The molecule has 4 aromatic rings. The highest BCUT2D eigenvalue weighted by Crippen LogP contribution is 2.42. The second kappa shape index (κ2) is 10.7. The molecule has 2 aromatic carbocycles. The summed E-state index contributed by atoms with van der Waals surface area (Å²) in [5, 5.41) is 7.65. The van der Waals surface area contributed by atoms with Crippen molar-refractivity contribution in [1.82, 2.24) is 14.9 Å². The van der Waals surface area contributed by atoms with Gasteiger partial charge in [0.2, 0.25) is 5.91 Å². The van der Waals surface area contributed by atoms with Gasteiger partial charge in [0.1, 0.15) is 12.6 Å². The lowest BCUT2D eigenvalue weighted by Gasteiger charge is -2.29. The first-order valence-electron chi connectivity index (χ1n) is 11.8. The summed E-state index contributed by atoms with van der Waals surface area (Å²) in [6.07, 6.45) is 3.83. The fourth-order valence-electron chi connectivity index (χ4n) is 4.62. The zero-order chi connectivity index (χ0) is 25.9. The Morgan fingerprint density at radius 2 is 1.89 bits per heavy atom. The smallest absolute Gasteiger partial charge is 0.250 e. The Morgan fingerprint density at radius 3 is 2.59 bits per heavy atom. The number of methoxy groups -OCH3 is 1. The number of amides is 1. The number of carbonyl (C=O) groups is 1. The van der Waals surface area contributed by atoms with Gasteiger partial charge in [0.15, 0.2) is 5.11 Å². The second-order valence-corrected chi connectivity index (χ2v) is 9.56. The summed E-state index contributed by atoms with van der Waals surface area (Å²) < 4.78 is 7.06. The fraction of sp³-hybridized carbons (Fsp3) is 0.179. The third-order valence-electron chi connectivity index (χ3n) is 6.31. The number of carbonyl (C=O) groups excluding carboxylic acids is 1. The van der Waals surface area contributed by atoms with Gasteiger partial charge in [-0.25, -0.2) is 0 Å². The van der Waals surface area contributed by atoms with Crippen LogP contribution < -0.4 is 15.5 Å². The van der Waals surface area contributed by atoms with E-state index in [1.807, 2.05) is 73.8 Å². The molecule has 188 valence electrons. The average Bonchev–Trinajstić information content (AvgIpc) is 3.51. The summed E-state index contributed by atoms with van der Waals surface area (Å²) in [5.41, 5.74) is 5.52. The summed E-state index contributed by atoms with van der Waals surface area (Å²) >= 11 is 12.2. The number of halogens is 1. The molecule has 0 saturated carbocycles. The number of nitrogens with one attached hydrogen (secondary N) is 2. The van der Waals surface area contributed by atoms with E-state index in [1.54, 1.807) is 6.20 Å². The van der Waals surface area contributed by atoms with Gasteiger partial charge in [-0.3, -0.25) is 9.78 Å². The van der Waals surface area contributed by atoms with Crippen molar-refractivity contribution >= 4 is 46.2 Å². The van der Waals surface area contributed by atoms with E-state index < -0.39 is 0 Å². The van der Waals surface area contributed by atoms with Crippen LogP contribution in [0.1, 0.15) is 29.0 Å². The van der Waals surface area contributed by atoms with E-state index in [9.17, 15) is 4.79 Å². The highest BCUT2D eigenvalue weighted by Gasteiger charge is 2.42.